The number of aromatic hydroxyl groups is 1. The standard InChI is InChI=1S/C16H20OS/c1-15(2)5-6-16(3,4)12-8-14-10(7-11(12)15)13(17)9-18-14/h7-9,17H,5-6H2,1-4H3. The van der Waals surface area contributed by atoms with E-state index < -0.39 is 0 Å². The highest BCUT2D eigenvalue weighted by molar-refractivity contribution is 7.17. The molecular weight excluding hydrogens is 240 g/mol. The average Bonchev–Trinajstić information content (AvgIpc) is 2.66. The molecule has 96 valence electrons. The molecule has 3 rings (SSSR count). The van der Waals surface area contributed by atoms with Gasteiger partial charge in [-0.3, -0.25) is 0 Å². The van der Waals surface area contributed by atoms with Crippen LogP contribution in [0.1, 0.15) is 51.7 Å². The van der Waals surface area contributed by atoms with Crippen molar-refractivity contribution in [3.8, 4) is 5.75 Å². The van der Waals surface area contributed by atoms with E-state index in [1.165, 1.54) is 28.7 Å². The molecule has 0 amide bonds. The summed E-state index contributed by atoms with van der Waals surface area (Å²) in [7, 11) is 0. The SMILES string of the molecule is CC1(C)CCC(C)(C)c2cc3c(O)csc3cc21. The van der Waals surface area contributed by atoms with Crippen LogP contribution < -0.4 is 0 Å². The van der Waals surface area contributed by atoms with Gasteiger partial charge >= 0.3 is 0 Å². The molecule has 2 heteroatoms. The molecule has 0 saturated carbocycles. The first-order chi connectivity index (χ1) is 8.31. The van der Waals surface area contributed by atoms with Crippen molar-refractivity contribution in [1.82, 2.24) is 0 Å². The summed E-state index contributed by atoms with van der Waals surface area (Å²) in [4.78, 5) is 0. The molecular formula is C16H20OS. The number of thiophene rings is 1. The Balaban J connectivity index is 2.37. The van der Waals surface area contributed by atoms with E-state index in [4.69, 9.17) is 0 Å². The first-order valence-electron chi connectivity index (χ1n) is 6.56. The van der Waals surface area contributed by atoms with Gasteiger partial charge in [-0.15, -0.1) is 11.3 Å². The van der Waals surface area contributed by atoms with Crippen LogP contribution in [0, 0.1) is 0 Å². The number of fused-ring (bicyclic) bond motifs is 2. The van der Waals surface area contributed by atoms with E-state index >= 15 is 0 Å². The fourth-order valence-corrected chi connectivity index (χ4v) is 3.92. The van der Waals surface area contributed by atoms with Crippen LogP contribution in [0.2, 0.25) is 0 Å². The minimum atomic E-state index is 0.216. The third-order valence-corrected chi connectivity index (χ3v) is 5.46. The van der Waals surface area contributed by atoms with Crippen molar-refractivity contribution in [3.05, 3.63) is 28.6 Å². The maximum Gasteiger partial charge on any atom is 0.134 e. The fraction of sp³-hybridized carbons (Fsp3) is 0.500. The molecule has 0 saturated heterocycles. The molecule has 18 heavy (non-hydrogen) atoms. The molecule has 1 N–H and O–H groups in total. The van der Waals surface area contributed by atoms with Gasteiger partial charge in [0.1, 0.15) is 5.75 Å². The van der Waals surface area contributed by atoms with Crippen LogP contribution >= 0.6 is 11.3 Å². The van der Waals surface area contributed by atoms with Crippen molar-refractivity contribution >= 4 is 21.4 Å². The smallest absolute Gasteiger partial charge is 0.134 e. The number of hydrogen-bond acceptors (Lipinski definition) is 2. The predicted octanol–water partition coefficient (Wildman–Crippen LogP) is 4.96. The van der Waals surface area contributed by atoms with E-state index in [-0.39, 0.29) is 10.8 Å². The lowest BCUT2D eigenvalue weighted by atomic mass is 9.63. The van der Waals surface area contributed by atoms with Crippen molar-refractivity contribution in [2.24, 2.45) is 0 Å². The maximum atomic E-state index is 9.92. The van der Waals surface area contributed by atoms with Crippen molar-refractivity contribution in [3.63, 3.8) is 0 Å². The largest absolute Gasteiger partial charge is 0.506 e. The van der Waals surface area contributed by atoms with Gasteiger partial charge in [0.15, 0.2) is 0 Å². The Morgan fingerprint density at radius 1 is 1.00 bits per heavy atom. The molecule has 0 aliphatic heterocycles. The highest BCUT2D eigenvalue weighted by Crippen LogP contribution is 2.48. The zero-order valence-corrected chi connectivity index (χ0v) is 12.3. The number of rotatable bonds is 0. The first kappa shape index (κ1) is 12.0. The number of hydrogen-bond donors (Lipinski definition) is 1. The van der Waals surface area contributed by atoms with Gasteiger partial charge in [-0.2, -0.15) is 0 Å². The molecule has 1 nitrogen and oxygen atoms in total. The summed E-state index contributed by atoms with van der Waals surface area (Å²) in [5, 5.41) is 12.8. The summed E-state index contributed by atoms with van der Waals surface area (Å²) in [5.41, 5.74) is 3.35. The third-order valence-electron chi connectivity index (χ3n) is 4.53. The van der Waals surface area contributed by atoms with E-state index in [1.54, 1.807) is 11.3 Å². The Hall–Kier alpha value is -1.02. The highest BCUT2D eigenvalue weighted by atomic mass is 32.1. The summed E-state index contributed by atoms with van der Waals surface area (Å²) in [6.45, 7) is 9.30. The van der Waals surface area contributed by atoms with E-state index in [0.29, 0.717) is 5.75 Å². The van der Waals surface area contributed by atoms with Crippen LogP contribution in [0.3, 0.4) is 0 Å². The molecule has 1 aliphatic carbocycles. The molecule has 0 spiro atoms. The van der Waals surface area contributed by atoms with E-state index in [1.807, 2.05) is 5.38 Å². The third kappa shape index (κ3) is 1.58. The normalized spacial score (nSPS) is 20.9. The predicted molar refractivity (Wildman–Crippen MR) is 78.8 cm³/mol. The van der Waals surface area contributed by atoms with Gasteiger partial charge in [-0.1, -0.05) is 27.7 Å². The van der Waals surface area contributed by atoms with Gasteiger partial charge in [-0.05, 0) is 46.9 Å². The highest BCUT2D eigenvalue weighted by Gasteiger charge is 2.37. The van der Waals surface area contributed by atoms with Gasteiger partial charge in [0, 0.05) is 15.5 Å². The average molecular weight is 260 g/mol. The molecule has 1 aromatic carbocycles. The van der Waals surface area contributed by atoms with Crippen LogP contribution in [0.4, 0.5) is 0 Å². The Bertz CT molecular complexity index is 619. The van der Waals surface area contributed by atoms with E-state index in [0.717, 1.165) is 5.39 Å². The summed E-state index contributed by atoms with van der Waals surface area (Å²) in [6, 6.07) is 4.52. The lowest BCUT2D eigenvalue weighted by Gasteiger charge is -2.41. The zero-order valence-electron chi connectivity index (χ0n) is 11.5. The Kier molecular flexibility index (Phi) is 2.34. The van der Waals surface area contributed by atoms with Gasteiger partial charge in [0.25, 0.3) is 0 Å². The maximum absolute atomic E-state index is 9.92. The van der Waals surface area contributed by atoms with Crippen LogP contribution in [-0.4, -0.2) is 5.11 Å². The molecule has 1 heterocycles. The molecule has 2 aromatic rings. The first-order valence-corrected chi connectivity index (χ1v) is 7.44. The van der Waals surface area contributed by atoms with Crippen LogP contribution in [0.25, 0.3) is 10.1 Å². The quantitative estimate of drug-likeness (QED) is 0.710. The summed E-state index contributed by atoms with van der Waals surface area (Å²) >= 11 is 1.64. The van der Waals surface area contributed by atoms with Gasteiger partial charge in [0.05, 0.1) is 0 Å². The molecule has 0 fully saturated rings. The van der Waals surface area contributed by atoms with E-state index in [2.05, 4.69) is 39.8 Å². The number of benzene rings is 1. The van der Waals surface area contributed by atoms with Crippen molar-refractivity contribution in [1.29, 1.82) is 0 Å². The summed E-state index contributed by atoms with van der Waals surface area (Å²) in [6.07, 6.45) is 2.44. The van der Waals surface area contributed by atoms with Gasteiger partial charge < -0.3 is 5.11 Å². The minimum Gasteiger partial charge on any atom is -0.506 e. The second kappa shape index (κ2) is 3.51. The molecule has 0 unspecified atom stereocenters. The molecule has 0 bridgehead atoms. The van der Waals surface area contributed by atoms with Crippen LogP contribution in [0.5, 0.6) is 5.75 Å². The Morgan fingerprint density at radius 2 is 1.56 bits per heavy atom. The van der Waals surface area contributed by atoms with Crippen LogP contribution in [0.15, 0.2) is 17.5 Å². The lowest BCUT2D eigenvalue weighted by molar-refractivity contribution is 0.332. The molecule has 1 aromatic heterocycles. The summed E-state index contributed by atoms with van der Waals surface area (Å²) < 4.78 is 1.21. The fourth-order valence-electron chi connectivity index (χ4n) is 3.07. The summed E-state index contributed by atoms with van der Waals surface area (Å²) in [5.74, 6) is 0.428. The molecule has 1 aliphatic rings. The molecule has 0 atom stereocenters. The monoisotopic (exact) mass is 260 g/mol. The van der Waals surface area contributed by atoms with Crippen molar-refractivity contribution in [2.45, 2.75) is 51.4 Å². The van der Waals surface area contributed by atoms with Crippen molar-refractivity contribution in [2.75, 3.05) is 0 Å². The van der Waals surface area contributed by atoms with Gasteiger partial charge in [-0.25, -0.2) is 0 Å². The zero-order chi connectivity index (χ0) is 13.1. The lowest BCUT2D eigenvalue weighted by Crippen LogP contribution is -2.33. The minimum absolute atomic E-state index is 0.216. The van der Waals surface area contributed by atoms with Crippen LogP contribution in [-0.2, 0) is 10.8 Å². The molecule has 0 radical (unpaired) electrons. The van der Waals surface area contributed by atoms with Crippen molar-refractivity contribution < 1.29 is 5.11 Å². The Labute approximate surface area is 112 Å². The second-order valence-corrected chi connectivity index (χ2v) is 7.69. The van der Waals surface area contributed by atoms with Gasteiger partial charge in [0.2, 0.25) is 0 Å². The van der Waals surface area contributed by atoms with E-state index in [9.17, 15) is 5.11 Å². The second-order valence-electron chi connectivity index (χ2n) is 6.78. The topological polar surface area (TPSA) is 20.2 Å². The Morgan fingerprint density at radius 3 is 2.17 bits per heavy atom.